The van der Waals surface area contributed by atoms with Crippen LogP contribution in [-0.4, -0.2) is 18.6 Å². The van der Waals surface area contributed by atoms with Crippen LogP contribution >= 0.6 is 0 Å². The first kappa shape index (κ1) is 18.2. The number of benzene rings is 1. The minimum absolute atomic E-state index is 0.0257. The summed E-state index contributed by atoms with van der Waals surface area (Å²) < 4.78 is 0. The van der Waals surface area contributed by atoms with Gasteiger partial charge in [-0.2, -0.15) is 0 Å². The number of aryl methyl sites for hydroxylation is 1. The molecule has 0 bridgehead atoms. The lowest BCUT2D eigenvalue weighted by Crippen LogP contribution is -2.51. The van der Waals surface area contributed by atoms with E-state index in [9.17, 15) is 0 Å². The Kier molecular flexibility index (Phi) is 7.41. The maximum Gasteiger partial charge on any atom is 0.0278 e. The van der Waals surface area contributed by atoms with Crippen LogP contribution in [0.5, 0.6) is 0 Å². The highest BCUT2D eigenvalue weighted by Crippen LogP contribution is 2.21. The molecule has 0 fully saturated rings. The molecule has 1 rings (SSSR count). The molecule has 1 atom stereocenters. The van der Waals surface area contributed by atoms with Crippen LogP contribution in [0.1, 0.15) is 46.6 Å². The van der Waals surface area contributed by atoms with E-state index in [-0.39, 0.29) is 5.54 Å². The first-order chi connectivity index (χ1) is 9.88. The molecule has 2 nitrogen and oxygen atoms in total. The summed E-state index contributed by atoms with van der Waals surface area (Å²) in [4.78, 5) is 0. The van der Waals surface area contributed by atoms with Crippen LogP contribution in [-0.2, 0) is 6.42 Å². The largest absolute Gasteiger partial charge is 0.329 e. The predicted molar refractivity (Wildman–Crippen MR) is 93.4 cm³/mol. The Morgan fingerprint density at radius 2 is 1.62 bits per heavy atom. The molecule has 0 aliphatic heterocycles. The van der Waals surface area contributed by atoms with Crippen molar-refractivity contribution in [3.05, 3.63) is 35.9 Å². The maximum absolute atomic E-state index is 6.05. The van der Waals surface area contributed by atoms with Crippen molar-refractivity contribution in [2.24, 2.45) is 23.5 Å². The first-order valence-electron chi connectivity index (χ1n) is 8.37. The Hall–Kier alpha value is -0.860. The molecule has 0 aliphatic carbocycles. The van der Waals surface area contributed by atoms with E-state index in [2.05, 4.69) is 70.3 Å². The molecule has 21 heavy (non-hydrogen) atoms. The zero-order valence-electron chi connectivity index (χ0n) is 14.5. The summed E-state index contributed by atoms with van der Waals surface area (Å²) >= 11 is 0. The van der Waals surface area contributed by atoms with E-state index >= 15 is 0 Å². The fraction of sp³-hybridized carbons (Fsp3) is 0.684. The lowest BCUT2D eigenvalue weighted by Gasteiger charge is -2.34. The summed E-state index contributed by atoms with van der Waals surface area (Å²) in [6.45, 7) is 13.3. The Morgan fingerprint density at radius 3 is 2.10 bits per heavy atom. The van der Waals surface area contributed by atoms with Crippen molar-refractivity contribution >= 4 is 0 Å². The second kappa shape index (κ2) is 8.55. The molecule has 0 saturated carbocycles. The Bertz CT molecular complexity index is 378. The molecule has 1 unspecified atom stereocenters. The van der Waals surface area contributed by atoms with Gasteiger partial charge in [-0.25, -0.2) is 0 Å². The minimum Gasteiger partial charge on any atom is -0.329 e. The number of nitrogens with two attached hydrogens (primary N) is 1. The molecule has 0 saturated heterocycles. The second-order valence-corrected chi connectivity index (χ2v) is 7.28. The predicted octanol–water partition coefficient (Wildman–Crippen LogP) is 3.85. The number of hydrogen-bond donors (Lipinski definition) is 2. The Morgan fingerprint density at radius 1 is 1.05 bits per heavy atom. The lowest BCUT2D eigenvalue weighted by atomic mass is 9.84. The topological polar surface area (TPSA) is 38.0 Å². The van der Waals surface area contributed by atoms with Gasteiger partial charge in [0.2, 0.25) is 0 Å². The van der Waals surface area contributed by atoms with Gasteiger partial charge in [-0.1, -0.05) is 58.0 Å². The summed E-state index contributed by atoms with van der Waals surface area (Å²) in [6.07, 6.45) is 2.16. The smallest absolute Gasteiger partial charge is 0.0278 e. The van der Waals surface area contributed by atoms with Gasteiger partial charge in [-0.05, 0) is 49.6 Å². The van der Waals surface area contributed by atoms with Crippen LogP contribution in [0.3, 0.4) is 0 Å². The van der Waals surface area contributed by atoms with E-state index in [0.717, 1.165) is 19.4 Å². The molecule has 0 aliphatic rings. The van der Waals surface area contributed by atoms with Gasteiger partial charge in [0.25, 0.3) is 0 Å². The molecular weight excluding hydrogens is 256 g/mol. The molecular formula is C19H34N2. The number of rotatable bonds is 9. The molecule has 0 heterocycles. The van der Waals surface area contributed by atoms with Crippen LogP contribution in [0, 0.1) is 17.8 Å². The highest BCUT2D eigenvalue weighted by atomic mass is 15.0. The van der Waals surface area contributed by atoms with Gasteiger partial charge < -0.3 is 11.1 Å². The van der Waals surface area contributed by atoms with Crippen molar-refractivity contribution in [1.82, 2.24) is 5.32 Å². The van der Waals surface area contributed by atoms with Gasteiger partial charge in [0, 0.05) is 12.1 Å². The summed E-state index contributed by atoms with van der Waals surface area (Å²) in [6, 6.07) is 10.7. The monoisotopic (exact) mass is 290 g/mol. The van der Waals surface area contributed by atoms with E-state index in [4.69, 9.17) is 5.73 Å². The average Bonchev–Trinajstić information content (AvgIpc) is 2.46. The van der Waals surface area contributed by atoms with Crippen LogP contribution in [0.2, 0.25) is 0 Å². The SMILES string of the molecule is CC(C)C(CNC(C)(CN)CCc1ccccc1)C(C)C. The fourth-order valence-corrected chi connectivity index (χ4v) is 2.93. The molecule has 0 amide bonds. The third-order valence-electron chi connectivity index (χ3n) is 4.74. The first-order valence-corrected chi connectivity index (χ1v) is 8.37. The summed E-state index contributed by atoms with van der Waals surface area (Å²) in [5.41, 5.74) is 7.46. The maximum atomic E-state index is 6.05. The van der Waals surface area contributed by atoms with Crippen molar-refractivity contribution in [2.75, 3.05) is 13.1 Å². The molecule has 0 aromatic heterocycles. The third-order valence-corrected chi connectivity index (χ3v) is 4.74. The average molecular weight is 290 g/mol. The van der Waals surface area contributed by atoms with Gasteiger partial charge in [-0.3, -0.25) is 0 Å². The van der Waals surface area contributed by atoms with Crippen molar-refractivity contribution in [2.45, 2.75) is 53.0 Å². The van der Waals surface area contributed by atoms with Gasteiger partial charge in [-0.15, -0.1) is 0 Å². The van der Waals surface area contributed by atoms with Crippen LogP contribution in [0.15, 0.2) is 30.3 Å². The summed E-state index contributed by atoms with van der Waals surface area (Å²) in [5, 5.41) is 3.75. The highest BCUT2D eigenvalue weighted by molar-refractivity contribution is 5.15. The Labute approximate surface area is 131 Å². The highest BCUT2D eigenvalue weighted by Gasteiger charge is 2.25. The van der Waals surface area contributed by atoms with E-state index < -0.39 is 0 Å². The number of hydrogen-bond acceptors (Lipinski definition) is 2. The number of nitrogens with one attached hydrogen (secondary N) is 1. The van der Waals surface area contributed by atoms with Crippen molar-refractivity contribution in [1.29, 1.82) is 0 Å². The van der Waals surface area contributed by atoms with E-state index in [1.165, 1.54) is 5.56 Å². The van der Waals surface area contributed by atoms with Gasteiger partial charge in [0.1, 0.15) is 0 Å². The quantitative estimate of drug-likeness (QED) is 0.725. The molecule has 0 spiro atoms. The zero-order chi connectivity index (χ0) is 15.9. The molecule has 1 aromatic rings. The van der Waals surface area contributed by atoms with Crippen molar-refractivity contribution in [3.8, 4) is 0 Å². The van der Waals surface area contributed by atoms with Gasteiger partial charge >= 0.3 is 0 Å². The fourth-order valence-electron chi connectivity index (χ4n) is 2.93. The summed E-state index contributed by atoms with van der Waals surface area (Å²) in [5.74, 6) is 2.11. The lowest BCUT2D eigenvalue weighted by molar-refractivity contribution is 0.233. The van der Waals surface area contributed by atoms with E-state index in [0.29, 0.717) is 24.3 Å². The van der Waals surface area contributed by atoms with Gasteiger partial charge in [0.15, 0.2) is 0 Å². The minimum atomic E-state index is 0.0257. The van der Waals surface area contributed by atoms with Crippen LogP contribution < -0.4 is 11.1 Å². The van der Waals surface area contributed by atoms with Crippen LogP contribution in [0.25, 0.3) is 0 Å². The molecule has 1 aromatic carbocycles. The van der Waals surface area contributed by atoms with Crippen molar-refractivity contribution < 1.29 is 0 Å². The molecule has 2 heteroatoms. The second-order valence-electron chi connectivity index (χ2n) is 7.28. The van der Waals surface area contributed by atoms with E-state index in [1.807, 2.05) is 0 Å². The normalized spacial score (nSPS) is 14.9. The van der Waals surface area contributed by atoms with Crippen LogP contribution in [0.4, 0.5) is 0 Å². The molecule has 3 N–H and O–H groups in total. The molecule has 120 valence electrons. The zero-order valence-corrected chi connectivity index (χ0v) is 14.5. The van der Waals surface area contributed by atoms with E-state index in [1.54, 1.807) is 0 Å². The van der Waals surface area contributed by atoms with Crippen molar-refractivity contribution in [3.63, 3.8) is 0 Å². The molecule has 0 radical (unpaired) electrons. The van der Waals surface area contributed by atoms with Gasteiger partial charge in [0.05, 0.1) is 0 Å². The summed E-state index contributed by atoms with van der Waals surface area (Å²) in [7, 11) is 0. The Balaban J connectivity index is 2.55. The third kappa shape index (κ3) is 6.19. The standard InChI is InChI=1S/C19H34N2/c1-15(2)18(16(3)4)13-21-19(5,14-20)12-11-17-9-7-6-8-10-17/h6-10,15-16,18,21H,11-14,20H2,1-5H3.